The average Bonchev–Trinajstić information content (AvgIpc) is 2.24. The van der Waals surface area contributed by atoms with Crippen molar-refractivity contribution in [2.24, 2.45) is 0 Å². The van der Waals surface area contributed by atoms with Gasteiger partial charge in [0.1, 0.15) is 5.82 Å². The lowest BCUT2D eigenvalue weighted by atomic mass is 10.1. The number of benzene rings is 1. The van der Waals surface area contributed by atoms with E-state index in [0.717, 1.165) is 6.07 Å². The Bertz CT molecular complexity index is 635. The van der Waals surface area contributed by atoms with E-state index in [1.807, 2.05) is 0 Å². The smallest absolute Gasteiger partial charge is 0.251 e. The molecule has 0 unspecified atom stereocenters. The fraction of sp³-hybridized carbons (Fsp3) is 0.167. The fourth-order valence-corrected chi connectivity index (χ4v) is 1.56. The number of nitrogens with one attached hydrogen (secondary N) is 1. The highest BCUT2D eigenvalue weighted by Crippen LogP contribution is 2.23. The summed E-state index contributed by atoms with van der Waals surface area (Å²) in [5.74, 6) is -1.54. The van der Waals surface area contributed by atoms with Crippen LogP contribution in [0.2, 0.25) is 0 Å². The number of halogens is 2. The summed E-state index contributed by atoms with van der Waals surface area (Å²) < 4.78 is 27.1. The van der Waals surface area contributed by atoms with Gasteiger partial charge in [-0.05, 0) is 25.5 Å². The molecule has 3 nitrogen and oxygen atoms in total. The predicted octanol–water partition coefficient (Wildman–Crippen LogP) is 2.33. The summed E-state index contributed by atoms with van der Waals surface area (Å²) in [5, 5.41) is 0. The van der Waals surface area contributed by atoms with Crippen molar-refractivity contribution in [2.75, 3.05) is 0 Å². The lowest BCUT2D eigenvalue weighted by Crippen LogP contribution is -2.09. The largest absolute Gasteiger partial charge is 0.311 e. The highest BCUT2D eigenvalue weighted by Gasteiger charge is 2.14. The molecule has 0 bridgehead atoms. The van der Waals surface area contributed by atoms with Crippen molar-refractivity contribution in [2.45, 2.75) is 13.8 Å². The summed E-state index contributed by atoms with van der Waals surface area (Å²) in [4.78, 5) is 17.7. The van der Waals surface area contributed by atoms with Crippen molar-refractivity contribution in [1.82, 2.24) is 9.97 Å². The van der Waals surface area contributed by atoms with Gasteiger partial charge in [-0.2, -0.15) is 0 Å². The summed E-state index contributed by atoms with van der Waals surface area (Å²) in [6.07, 6.45) is 0. The number of rotatable bonds is 1. The molecular weight excluding hydrogens is 226 g/mol. The molecule has 0 fully saturated rings. The van der Waals surface area contributed by atoms with Gasteiger partial charge in [0.2, 0.25) is 0 Å². The van der Waals surface area contributed by atoms with Crippen LogP contribution in [-0.2, 0) is 0 Å². The Labute approximate surface area is 96.2 Å². The second-order valence-corrected chi connectivity index (χ2v) is 3.77. The molecule has 0 amide bonds. The fourth-order valence-electron chi connectivity index (χ4n) is 1.56. The van der Waals surface area contributed by atoms with Gasteiger partial charge in [0, 0.05) is 11.6 Å². The van der Waals surface area contributed by atoms with Crippen molar-refractivity contribution in [3.8, 4) is 11.3 Å². The Morgan fingerprint density at radius 2 is 1.88 bits per heavy atom. The first-order valence-corrected chi connectivity index (χ1v) is 5.02. The molecular formula is C12H10F2N2O. The van der Waals surface area contributed by atoms with Gasteiger partial charge in [0.05, 0.1) is 5.69 Å². The number of hydrogen-bond acceptors (Lipinski definition) is 2. The van der Waals surface area contributed by atoms with Crippen LogP contribution >= 0.6 is 0 Å². The lowest BCUT2D eigenvalue weighted by molar-refractivity contribution is 0.505. The number of H-pyrrole nitrogens is 1. The van der Waals surface area contributed by atoms with Crippen molar-refractivity contribution in [3.63, 3.8) is 0 Å². The van der Waals surface area contributed by atoms with Gasteiger partial charge in [-0.1, -0.05) is 6.07 Å². The van der Waals surface area contributed by atoms with Crippen LogP contribution in [0.15, 0.2) is 23.0 Å². The molecule has 88 valence electrons. The van der Waals surface area contributed by atoms with Crippen molar-refractivity contribution < 1.29 is 8.78 Å². The molecule has 1 N–H and O–H groups in total. The molecule has 1 aromatic heterocycles. The number of nitrogens with zero attached hydrogens (tertiary/aromatic N) is 1. The predicted molar refractivity (Wildman–Crippen MR) is 59.7 cm³/mol. The summed E-state index contributed by atoms with van der Waals surface area (Å²) in [7, 11) is 0. The molecule has 5 heteroatoms. The molecule has 1 aromatic carbocycles. The molecule has 0 saturated heterocycles. The maximum atomic E-state index is 13.7. The molecule has 0 aliphatic rings. The Morgan fingerprint density at radius 1 is 1.18 bits per heavy atom. The molecule has 17 heavy (non-hydrogen) atoms. The molecule has 2 aromatic rings. The van der Waals surface area contributed by atoms with Crippen LogP contribution in [0.5, 0.6) is 0 Å². The summed E-state index contributed by atoms with van der Waals surface area (Å²) in [6, 6.07) is 4.00. The van der Waals surface area contributed by atoms with Crippen LogP contribution in [0.1, 0.15) is 11.4 Å². The van der Waals surface area contributed by atoms with Crippen molar-refractivity contribution in [1.29, 1.82) is 0 Å². The van der Waals surface area contributed by atoms with E-state index in [4.69, 9.17) is 0 Å². The SMILES string of the molecule is Cc1nc(-c2ccc(C)c(F)c2F)cc(=O)[nH]1. The zero-order valence-corrected chi connectivity index (χ0v) is 9.34. The number of aromatic nitrogens is 2. The zero-order valence-electron chi connectivity index (χ0n) is 9.34. The monoisotopic (exact) mass is 236 g/mol. The van der Waals surface area contributed by atoms with Crippen molar-refractivity contribution in [3.05, 3.63) is 51.6 Å². The Hall–Kier alpha value is -2.04. The second-order valence-electron chi connectivity index (χ2n) is 3.77. The van der Waals surface area contributed by atoms with E-state index < -0.39 is 17.2 Å². The standard InChI is InChI=1S/C12H10F2N2O/c1-6-3-4-8(12(14)11(6)13)9-5-10(17)16-7(2)15-9/h3-5H,1-2H3,(H,15,16,17). The number of hydrogen-bond donors (Lipinski definition) is 1. The van der Waals surface area contributed by atoms with E-state index in [1.54, 1.807) is 6.92 Å². The Balaban J connectivity index is 2.69. The van der Waals surface area contributed by atoms with Gasteiger partial charge in [-0.25, -0.2) is 13.8 Å². The van der Waals surface area contributed by atoms with E-state index >= 15 is 0 Å². The molecule has 0 aliphatic carbocycles. The lowest BCUT2D eigenvalue weighted by Gasteiger charge is -2.05. The van der Waals surface area contributed by atoms with Crippen LogP contribution in [0.25, 0.3) is 11.3 Å². The first-order valence-electron chi connectivity index (χ1n) is 5.02. The number of aryl methyl sites for hydroxylation is 2. The van der Waals surface area contributed by atoms with Crippen LogP contribution in [0, 0.1) is 25.5 Å². The third-order valence-corrected chi connectivity index (χ3v) is 2.41. The van der Waals surface area contributed by atoms with Gasteiger partial charge in [0.15, 0.2) is 11.6 Å². The molecule has 0 spiro atoms. The summed E-state index contributed by atoms with van der Waals surface area (Å²) in [6.45, 7) is 3.05. The molecule has 0 aliphatic heterocycles. The number of aromatic amines is 1. The van der Waals surface area contributed by atoms with E-state index in [1.165, 1.54) is 19.1 Å². The minimum Gasteiger partial charge on any atom is -0.311 e. The Morgan fingerprint density at radius 3 is 2.53 bits per heavy atom. The molecule has 0 saturated carbocycles. The van der Waals surface area contributed by atoms with Gasteiger partial charge in [-0.15, -0.1) is 0 Å². The van der Waals surface area contributed by atoms with Crippen LogP contribution in [0.4, 0.5) is 8.78 Å². The van der Waals surface area contributed by atoms with E-state index in [2.05, 4.69) is 9.97 Å². The highest BCUT2D eigenvalue weighted by atomic mass is 19.2. The topological polar surface area (TPSA) is 45.8 Å². The summed E-state index contributed by atoms with van der Waals surface area (Å²) in [5.41, 5.74) is -0.0642. The van der Waals surface area contributed by atoms with Gasteiger partial charge >= 0.3 is 0 Å². The minimum atomic E-state index is -0.984. The van der Waals surface area contributed by atoms with Crippen LogP contribution in [-0.4, -0.2) is 9.97 Å². The first-order chi connectivity index (χ1) is 7.99. The minimum absolute atomic E-state index is 0.0118. The Kier molecular flexibility index (Phi) is 2.75. The van der Waals surface area contributed by atoms with Crippen LogP contribution in [0.3, 0.4) is 0 Å². The third-order valence-electron chi connectivity index (χ3n) is 2.41. The maximum Gasteiger partial charge on any atom is 0.251 e. The summed E-state index contributed by atoms with van der Waals surface area (Å²) >= 11 is 0. The highest BCUT2D eigenvalue weighted by molar-refractivity contribution is 5.60. The molecule has 0 radical (unpaired) electrons. The van der Waals surface area contributed by atoms with E-state index in [9.17, 15) is 13.6 Å². The average molecular weight is 236 g/mol. The second kappa shape index (κ2) is 4.08. The van der Waals surface area contributed by atoms with Gasteiger partial charge in [0.25, 0.3) is 5.56 Å². The molecule has 2 rings (SSSR count). The first kappa shape index (κ1) is 11.4. The molecule has 0 atom stereocenters. The van der Waals surface area contributed by atoms with E-state index in [0.29, 0.717) is 5.82 Å². The quantitative estimate of drug-likeness (QED) is 0.826. The van der Waals surface area contributed by atoms with Crippen LogP contribution < -0.4 is 5.56 Å². The molecule has 1 heterocycles. The van der Waals surface area contributed by atoms with Gasteiger partial charge in [-0.3, -0.25) is 4.79 Å². The van der Waals surface area contributed by atoms with Gasteiger partial charge < -0.3 is 4.98 Å². The maximum absolute atomic E-state index is 13.7. The normalized spacial score (nSPS) is 10.6. The third kappa shape index (κ3) is 2.08. The van der Waals surface area contributed by atoms with E-state index in [-0.39, 0.29) is 16.8 Å². The van der Waals surface area contributed by atoms with Crippen molar-refractivity contribution >= 4 is 0 Å². The zero-order chi connectivity index (χ0) is 12.6.